The lowest BCUT2D eigenvalue weighted by Gasteiger charge is -2.20. The number of nitrogens with zero attached hydrogens (tertiary/aromatic N) is 1. The largest absolute Gasteiger partial charge is 0.744 e. The Morgan fingerprint density at radius 1 is 1.38 bits per heavy atom. The Morgan fingerprint density at radius 2 is 1.88 bits per heavy atom. The molecule has 0 aliphatic heterocycles. The van der Waals surface area contributed by atoms with Crippen molar-refractivity contribution in [2.45, 2.75) is 4.90 Å². The minimum atomic E-state index is -4.39. The van der Waals surface area contributed by atoms with Gasteiger partial charge in [-0.05, 0) is 36.5 Å². The molecule has 0 bridgehead atoms. The number of thiocarbonyl (C=S) groups is 1. The van der Waals surface area contributed by atoms with Gasteiger partial charge < -0.3 is 14.8 Å². The fraction of sp³-hybridized carbons (Fsp3) is 0.222. The second-order valence-corrected chi connectivity index (χ2v) is 4.83. The Kier molecular flexibility index (Phi) is 3.84. The Hall–Kier alpha value is -1.18. The molecule has 5 nitrogen and oxygen atoms in total. The lowest BCUT2D eigenvalue weighted by molar-refractivity contribution is 0.463. The van der Waals surface area contributed by atoms with Gasteiger partial charge in [0, 0.05) is 19.8 Å². The van der Waals surface area contributed by atoms with E-state index >= 15 is 0 Å². The molecule has 0 aliphatic rings. The number of hydrogen-bond donors (Lipinski definition) is 1. The molecule has 0 atom stereocenters. The van der Waals surface area contributed by atoms with Crippen LogP contribution < -0.4 is 10.2 Å². The molecule has 0 saturated carbocycles. The molecule has 1 aromatic carbocycles. The maximum absolute atomic E-state index is 10.7. The fourth-order valence-corrected chi connectivity index (χ4v) is 1.70. The van der Waals surface area contributed by atoms with Gasteiger partial charge in [-0.15, -0.1) is 0 Å². The van der Waals surface area contributed by atoms with Crippen LogP contribution in [0.5, 0.6) is 0 Å². The Balaban J connectivity index is 3.00. The predicted molar refractivity (Wildman–Crippen MR) is 64.5 cm³/mol. The van der Waals surface area contributed by atoms with Crippen LogP contribution in [0.3, 0.4) is 0 Å². The van der Waals surface area contributed by atoms with Crippen molar-refractivity contribution in [3.8, 4) is 0 Å². The third-order valence-corrected chi connectivity index (χ3v) is 3.36. The molecule has 0 heterocycles. The quantitative estimate of drug-likeness (QED) is 0.617. The average molecular weight is 259 g/mol. The SMILES string of the molecule is CNC(=S)N(C)c1ccc(S(=O)(=O)[O-])cc1. The highest BCUT2D eigenvalue weighted by Gasteiger charge is 2.06. The number of rotatable bonds is 2. The molecule has 88 valence electrons. The summed E-state index contributed by atoms with van der Waals surface area (Å²) in [4.78, 5) is 1.41. The summed E-state index contributed by atoms with van der Waals surface area (Å²) in [5.74, 6) is 0. The zero-order valence-electron chi connectivity index (χ0n) is 8.80. The molecule has 0 unspecified atom stereocenters. The molecular weight excluding hydrogens is 248 g/mol. The smallest absolute Gasteiger partial charge is 0.172 e. The van der Waals surface area contributed by atoms with Crippen LogP contribution in [0.1, 0.15) is 0 Å². The van der Waals surface area contributed by atoms with E-state index in [9.17, 15) is 13.0 Å². The fourth-order valence-electron chi connectivity index (χ4n) is 1.12. The molecule has 1 N–H and O–H groups in total. The highest BCUT2D eigenvalue weighted by atomic mass is 32.2. The molecule has 1 aromatic rings. The van der Waals surface area contributed by atoms with Crippen LogP contribution in [0.2, 0.25) is 0 Å². The lowest BCUT2D eigenvalue weighted by Crippen LogP contribution is -2.34. The Labute approximate surface area is 99.8 Å². The van der Waals surface area contributed by atoms with Crippen LogP contribution in [0.4, 0.5) is 5.69 Å². The van der Waals surface area contributed by atoms with E-state index in [1.165, 1.54) is 24.3 Å². The van der Waals surface area contributed by atoms with Crippen molar-refractivity contribution in [1.82, 2.24) is 5.32 Å². The van der Waals surface area contributed by atoms with Crippen molar-refractivity contribution >= 4 is 33.1 Å². The summed E-state index contributed by atoms with van der Waals surface area (Å²) in [6.45, 7) is 0. The van der Waals surface area contributed by atoms with Crippen LogP contribution in [-0.4, -0.2) is 32.2 Å². The van der Waals surface area contributed by atoms with Gasteiger partial charge in [-0.1, -0.05) is 0 Å². The number of nitrogens with one attached hydrogen (secondary N) is 1. The van der Waals surface area contributed by atoms with Crippen LogP contribution >= 0.6 is 12.2 Å². The van der Waals surface area contributed by atoms with Gasteiger partial charge in [-0.25, -0.2) is 8.42 Å². The first-order valence-electron chi connectivity index (χ1n) is 4.37. The summed E-state index contributed by atoms with van der Waals surface area (Å²) in [6.07, 6.45) is 0. The maximum atomic E-state index is 10.7. The second kappa shape index (κ2) is 4.77. The summed E-state index contributed by atoms with van der Waals surface area (Å²) in [5, 5.41) is 3.28. The topological polar surface area (TPSA) is 72.5 Å². The highest BCUT2D eigenvalue weighted by Crippen LogP contribution is 2.16. The first-order chi connectivity index (χ1) is 7.36. The van der Waals surface area contributed by atoms with Crippen molar-refractivity contribution in [1.29, 1.82) is 0 Å². The van der Waals surface area contributed by atoms with E-state index in [1.807, 2.05) is 0 Å². The standard InChI is InChI=1S/C9H12N2O3S2/c1-10-9(15)11(2)7-3-5-8(6-4-7)16(12,13)14/h3-6H,1-2H3,(H,10,15)(H,12,13,14)/p-1. The van der Waals surface area contributed by atoms with E-state index < -0.39 is 10.1 Å². The van der Waals surface area contributed by atoms with Crippen molar-refractivity contribution in [3.63, 3.8) is 0 Å². The van der Waals surface area contributed by atoms with Crippen LogP contribution in [-0.2, 0) is 10.1 Å². The normalized spacial score (nSPS) is 10.9. The second-order valence-electron chi connectivity index (χ2n) is 3.06. The summed E-state index contributed by atoms with van der Waals surface area (Å²) < 4.78 is 32.1. The van der Waals surface area contributed by atoms with Crippen molar-refractivity contribution in [3.05, 3.63) is 24.3 Å². The summed E-state index contributed by atoms with van der Waals surface area (Å²) >= 11 is 5.00. The van der Waals surface area contributed by atoms with Gasteiger partial charge in [-0.2, -0.15) is 0 Å². The monoisotopic (exact) mass is 259 g/mol. The summed E-state index contributed by atoms with van der Waals surface area (Å²) in [5.41, 5.74) is 0.701. The van der Waals surface area contributed by atoms with Gasteiger partial charge in [-0.3, -0.25) is 0 Å². The van der Waals surface area contributed by atoms with Crippen LogP contribution in [0.15, 0.2) is 29.2 Å². The first kappa shape index (κ1) is 12.9. The number of benzene rings is 1. The van der Waals surface area contributed by atoms with Gasteiger partial charge in [0.05, 0.1) is 4.90 Å². The van der Waals surface area contributed by atoms with Crippen LogP contribution in [0.25, 0.3) is 0 Å². The molecule has 0 aromatic heterocycles. The summed E-state index contributed by atoms with van der Waals surface area (Å²) in [7, 11) is -0.963. The molecule has 7 heteroatoms. The van der Waals surface area contributed by atoms with Crippen molar-refractivity contribution < 1.29 is 13.0 Å². The molecule has 1 rings (SSSR count). The van der Waals surface area contributed by atoms with Gasteiger partial charge in [0.1, 0.15) is 10.1 Å². The lowest BCUT2D eigenvalue weighted by atomic mass is 10.3. The molecule has 0 fully saturated rings. The van der Waals surface area contributed by atoms with Crippen molar-refractivity contribution in [2.24, 2.45) is 0 Å². The highest BCUT2D eigenvalue weighted by molar-refractivity contribution is 7.85. The van der Waals surface area contributed by atoms with E-state index in [-0.39, 0.29) is 4.90 Å². The molecule has 0 aliphatic carbocycles. The average Bonchev–Trinajstić information content (AvgIpc) is 2.26. The number of anilines is 1. The van der Waals surface area contributed by atoms with E-state index in [0.29, 0.717) is 10.8 Å². The molecule has 16 heavy (non-hydrogen) atoms. The van der Waals surface area contributed by atoms with Gasteiger partial charge in [0.15, 0.2) is 5.11 Å². The molecule has 0 amide bonds. The van der Waals surface area contributed by atoms with E-state index in [4.69, 9.17) is 12.2 Å². The van der Waals surface area contributed by atoms with Gasteiger partial charge in [0.2, 0.25) is 0 Å². The van der Waals surface area contributed by atoms with Crippen molar-refractivity contribution in [2.75, 3.05) is 19.0 Å². The predicted octanol–water partition coefficient (Wildman–Crippen LogP) is 0.531. The summed E-state index contributed by atoms with van der Waals surface area (Å²) in [6, 6.07) is 5.56. The van der Waals surface area contributed by atoms with Gasteiger partial charge in [0.25, 0.3) is 0 Å². The molecule has 0 spiro atoms. The minimum Gasteiger partial charge on any atom is -0.744 e. The minimum absolute atomic E-state index is 0.250. The molecule has 0 saturated heterocycles. The Bertz CT molecular complexity index is 482. The van der Waals surface area contributed by atoms with E-state index in [0.717, 1.165) is 0 Å². The third-order valence-electron chi connectivity index (χ3n) is 2.03. The molecular formula is C9H11N2O3S2-. The number of hydrogen-bond acceptors (Lipinski definition) is 4. The zero-order valence-corrected chi connectivity index (χ0v) is 10.4. The van der Waals surface area contributed by atoms with Gasteiger partial charge >= 0.3 is 0 Å². The van der Waals surface area contributed by atoms with E-state index in [1.54, 1.807) is 19.0 Å². The first-order valence-corrected chi connectivity index (χ1v) is 6.19. The molecule has 0 radical (unpaired) electrons. The maximum Gasteiger partial charge on any atom is 0.172 e. The van der Waals surface area contributed by atoms with Crippen LogP contribution in [0, 0.1) is 0 Å². The zero-order chi connectivity index (χ0) is 12.3. The van der Waals surface area contributed by atoms with E-state index in [2.05, 4.69) is 5.32 Å². The third kappa shape index (κ3) is 2.91. The Morgan fingerprint density at radius 3 is 2.25 bits per heavy atom.